The quantitative estimate of drug-likeness (QED) is 0.343. The molecule has 9 nitrogen and oxygen atoms in total. The Morgan fingerprint density at radius 3 is 2.34 bits per heavy atom. The molecule has 38 heavy (non-hydrogen) atoms. The van der Waals surface area contributed by atoms with Gasteiger partial charge in [-0.3, -0.25) is 14.4 Å². The van der Waals surface area contributed by atoms with Crippen molar-refractivity contribution in [1.29, 1.82) is 0 Å². The van der Waals surface area contributed by atoms with Gasteiger partial charge in [0.25, 0.3) is 11.1 Å². The molecule has 2 aromatic heterocycles. The second-order valence-electron chi connectivity index (χ2n) is 9.18. The summed E-state index contributed by atoms with van der Waals surface area (Å²) in [7, 11) is 4.37. The Labute approximate surface area is 219 Å². The summed E-state index contributed by atoms with van der Waals surface area (Å²) in [4.78, 5) is 39.8. The number of rotatable bonds is 8. The molecular weight excluding hydrogens is 488 g/mol. The third-order valence-electron chi connectivity index (χ3n) is 6.87. The van der Waals surface area contributed by atoms with Crippen LogP contribution in [0.3, 0.4) is 0 Å². The zero-order valence-corrected chi connectivity index (χ0v) is 21.7. The zero-order valence-electron chi connectivity index (χ0n) is 21.7. The zero-order chi connectivity index (χ0) is 27.6. The number of carbonyl (C=O) groups excluding carboxylic acids is 1. The Hall–Kier alpha value is -4.53. The van der Waals surface area contributed by atoms with E-state index in [0.717, 1.165) is 5.56 Å². The van der Waals surface area contributed by atoms with Gasteiger partial charge < -0.3 is 28.8 Å². The number of phenolic OH excluding ortho intramolecular Hbond substituents is 1. The van der Waals surface area contributed by atoms with Gasteiger partial charge in [0.2, 0.25) is 0 Å². The van der Waals surface area contributed by atoms with E-state index in [2.05, 4.69) is 0 Å². The van der Waals surface area contributed by atoms with Gasteiger partial charge in [-0.1, -0.05) is 12.1 Å². The van der Waals surface area contributed by atoms with Crippen LogP contribution in [-0.4, -0.2) is 39.5 Å². The van der Waals surface area contributed by atoms with Gasteiger partial charge in [-0.25, -0.2) is 0 Å². The first-order valence-electron chi connectivity index (χ1n) is 12.1. The molecule has 2 aromatic carbocycles. The number of nitrogens with zero attached hydrogens (tertiary/aromatic N) is 2. The number of methoxy groups -OCH3 is 2. The highest BCUT2D eigenvalue weighted by Crippen LogP contribution is 2.33. The SMILES string of the molecule is COC(=O)CC(c1c(O)cc(C)n(CCc2ccc(O)cc2)c1=O)c1cc2ccc(OC)cc2n(C)c1=O. The van der Waals surface area contributed by atoms with Gasteiger partial charge in [-0.15, -0.1) is 0 Å². The molecular formula is C29H30N2O7. The number of aromatic nitrogens is 2. The third kappa shape index (κ3) is 5.13. The highest BCUT2D eigenvalue weighted by atomic mass is 16.5. The molecule has 4 rings (SSSR count). The Kier molecular flexibility index (Phi) is 7.57. The fourth-order valence-corrected chi connectivity index (χ4v) is 4.74. The lowest BCUT2D eigenvalue weighted by Crippen LogP contribution is -2.32. The molecule has 0 radical (unpaired) electrons. The summed E-state index contributed by atoms with van der Waals surface area (Å²) in [6, 6.07) is 15.1. The van der Waals surface area contributed by atoms with Crippen molar-refractivity contribution in [2.24, 2.45) is 7.05 Å². The first kappa shape index (κ1) is 26.5. The topological polar surface area (TPSA) is 120 Å². The summed E-state index contributed by atoms with van der Waals surface area (Å²) in [5.41, 5.74) is 1.31. The second-order valence-corrected chi connectivity index (χ2v) is 9.18. The van der Waals surface area contributed by atoms with Crippen molar-refractivity contribution in [3.05, 3.63) is 97.7 Å². The van der Waals surface area contributed by atoms with Gasteiger partial charge in [-0.05, 0) is 60.7 Å². The van der Waals surface area contributed by atoms with E-state index in [4.69, 9.17) is 9.47 Å². The van der Waals surface area contributed by atoms with Crippen molar-refractivity contribution in [1.82, 2.24) is 9.13 Å². The number of aryl methyl sites for hydroxylation is 3. The van der Waals surface area contributed by atoms with Crippen LogP contribution >= 0.6 is 0 Å². The number of phenols is 1. The lowest BCUT2D eigenvalue weighted by atomic mass is 9.88. The number of hydrogen-bond acceptors (Lipinski definition) is 7. The van der Waals surface area contributed by atoms with Crippen molar-refractivity contribution >= 4 is 16.9 Å². The molecule has 0 amide bonds. The number of pyridine rings is 2. The van der Waals surface area contributed by atoms with Gasteiger partial charge in [0.1, 0.15) is 17.2 Å². The van der Waals surface area contributed by atoms with Gasteiger partial charge in [0.15, 0.2) is 0 Å². The average Bonchev–Trinajstić information content (AvgIpc) is 2.90. The Bertz CT molecular complexity index is 1620. The smallest absolute Gasteiger partial charge is 0.306 e. The lowest BCUT2D eigenvalue weighted by molar-refractivity contribution is -0.140. The van der Waals surface area contributed by atoms with Crippen molar-refractivity contribution in [3.8, 4) is 17.2 Å². The van der Waals surface area contributed by atoms with Crippen LogP contribution in [0.15, 0.2) is 64.2 Å². The van der Waals surface area contributed by atoms with E-state index in [9.17, 15) is 24.6 Å². The maximum Gasteiger partial charge on any atom is 0.306 e. The van der Waals surface area contributed by atoms with Crippen LogP contribution in [0.1, 0.15) is 34.7 Å². The first-order valence-corrected chi connectivity index (χ1v) is 12.1. The van der Waals surface area contributed by atoms with Gasteiger partial charge in [0, 0.05) is 36.8 Å². The molecule has 0 bridgehead atoms. The van der Waals surface area contributed by atoms with Crippen LogP contribution in [0, 0.1) is 6.92 Å². The van der Waals surface area contributed by atoms with Crippen LogP contribution in [-0.2, 0) is 29.5 Å². The molecule has 198 valence electrons. The molecule has 0 saturated carbocycles. The lowest BCUT2D eigenvalue weighted by Gasteiger charge is -2.21. The fourth-order valence-electron chi connectivity index (χ4n) is 4.74. The number of aromatic hydroxyl groups is 2. The number of carbonyl (C=O) groups is 1. The molecule has 2 heterocycles. The summed E-state index contributed by atoms with van der Waals surface area (Å²) in [6.45, 7) is 2.00. The molecule has 2 N–H and O–H groups in total. The summed E-state index contributed by atoms with van der Waals surface area (Å²) in [6.07, 6.45) is 0.184. The molecule has 0 aliphatic heterocycles. The molecule has 1 unspecified atom stereocenters. The molecule has 0 aliphatic rings. The number of fused-ring (bicyclic) bond motifs is 1. The van der Waals surface area contributed by atoms with Crippen molar-refractivity contribution in [3.63, 3.8) is 0 Å². The number of esters is 1. The monoisotopic (exact) mass is 518 g/mol. The van der Waals surface area contributed by atoms with E-state index >= 15 is 0 Å². The van der Waals surface area contributed by atoms with E-state index in [-0.39, 0.29) is 29.0 Å². The summed E-state index contributed by atoms with van der Waals surface area (Å²) in [5.74, 6) is -1.23. The minimum atomic E-state index is -1.04. The molecule has 0 fully saturated rings. The normalized spacial score (nSPS) is 11.9. The predicted octanol–water partition coefficient (Wildman–Crippen LogP) is 3.37. The molecule has 9 heteroatoms. The van der Waals surface area contributed by atoms with Gasteiger partial charge in [0.05, 0.1) is 31.7 Å². The van der Waals surface area contributed by atoms with Gasteiger partial charge in [-0.2, -0.15) is 0 Å². The highest BCUT2D eigenvalue weighted by molar-refractivity contribution is 5.82. The Morgan fingerprint density at radius 2 is 1.68 bits per heavy atom. The minimum absolute atomic E-state index is 0.0448. The maximum absolute atomic E-state index is 13.8. The summed E-state index contributed by atoms with van der Waals surface area (Å²) in [5, 5.41) is 21.2. The highest BCUT2D eigenvalue weighted by Gasteiger charge is 2.29. The second kappa shape index (κ2) is 10.8. The predicted molar refractivity (Wildman–Crippen MR) is 143 cm³/mol. The number of ether oxygens (including phenoxy) is 2. The van der Waals surface area contributed by atoms with E-state index in [0.29, 0.717) is 35.3 Å². The van der Waals surface area contributed by atoms with Crippen LogP contribution in [0.25, 0.3) is 10.9 Å². The standard InChI is InChI=1S/C29H30N2O7/c1-17-13-25(33)27(29(36)31(17)12-11-18-5-8-20(32)9-6-18)22(16-26(34)38-4)23-14-19-7-10-21(37-3)15-24(19)30(2)28(23)35/h5-10,13-15,22,32-33H,11-12,16H2,1-4H3. The van der Waals surface area contributed by atoms with Crippen molar-refractivity contribution < 1.29 is 24.5 Å². The number of hydrogen-bond donors (Lipinski definition) is 2. The average molecular weight is 519 g/mol. The van der Waals surface area contributed by atoms with Crippen LogP contribution in [0.4, 0.5) is 0 Å². The summed E-state index contributed by atoms with van der Waals surface area (Å²) < 4.78 is 13.1. The van der Waals surface area contributed by atoms with Crippen LogP contribution in [0.5, 0.6) is 17.2 Å². The third-order valence-corrected chi connectivity index (χ3v) is 6.87. The Morgan fingerprint density at radius 1 is 0.974 bits per heavy atom. The van der Waals surface area contributed by atoms with E-state index < -0.39 is 23.0 Å². The van der Waals surface area contributed by atoms with Crippen LogP contribution < -0.4 is 15.9 Å². The maximum atomic E-state index is 13.8. The van der Waals surface area contributed by atoms with Gasteiger partial charge >= 0.3 is 5.97 Å². The molecule has 4 aromatic rings. The minimum Gasteiger partial charge on any atom is -0.508 e. The van der Waals surface area contributed by atoms with E-state index in [1.807, 2.05) is 0 Å². The summed E-state index contributed by atoms with van der Waals surface area (Å²) >= 11 is 0. The largest absolute Gasteiger partial charge is 0.508 e. The van der Waals surface area contributed by atoms with Crippen LogP contribution in [0.2, 0.25) is 0 Å². The van der Waals surface area contributed by atoms with Crippen molar-refractivity contribution in [2.75, 3.05) is 14.2 Å². The Balaban J connectivity index is 1.87. The molecule has 0 spiro atoms. The van der Waals surface area contributed by atoms with E-state index in [1.54, 1.807) is 62.5 Å². The molecule has 0 saturated heterocycles. The van der Waals surface area contributed by atoms with E-state index in [1.165, 1.54) is 29.4 Å². The fraction of sp³-hybridized carbons (Fsp3) is 0.276. The number of benzene rings is 2. The molecule has 0 aliphatic carbocycles. The first-order chi connectivity index (χ1) is 18.1. The van der Waals surface area contributed by atoms with Crippen molar-refractivity contribution in [2.45, 2.75) is 32.2 Å². The molecule has 1 atom stereocenters.